The van der Waals surface area contributed by atoms with Crippen LogP contribution in [0.2, 0.25) is 0 Å². The molecule has 1 aliphatic rings. The van der Waals surface area contributed by atoms with Gasteiger partial charge in [0, 0.05) is 52.0 Å². The maximum absolute atomic E-state index is 11.3. The number of aliphatic hydroxyl groups excluding tert-OH is 1. The van der Waals surface area contributed by atoms with Gasteiger partial charge in [-0.2, -0.15) is 0 Å². The van der Waals surface area contributed by atoms with Crippen molar-refractivity contribution in [3.05, 3.63) is 0 Å². The number of nitrogens with zero attached hydrogens (tertiary/aromatic N) is 1. The summed E-state index contributed by atoms with van der Waals surface area (Å²) in [5.41, 5.74) is 0. The molecular weight excluding hydrogens is 386 g/mol. The third-order valence-corrected chi connectivity index (χ3v) is 5.10. The van der Waals surface area contributed by atoms with E-state index < -0.39 is 0 Å². The predicted molar refractivity (Wildman–Crippen MR) is 128 cm³/mol. The van der Waals surface area contributed by atoms with Crippen molar-refractivity contribution in [2.45, 2.75) is 77.0 Å². The van der Waals surface area contributed by atoms with Gasteiger partial charge in [-0.05, 0) is 25.8 Å². The fraction of sp³-hybridized carbons (Fsp3) is 0.731. The first kappa shape index (κ1) is 27.1. The van der Waals surface area contributed by atoms with Gasteiger partial charge in [-0.3, -0.25) is 4.79 Å². The maximum atomic E-state index is 11.3. The molecule has 31 heavy (non-hydrogen) atoms. The van der Waals surface area contributed by atoms with Crippen molar-refractivity contribution in [3.8, 4) is 35.5 Å². The van der Waals surface area contributed by atoms with Crippen molar-refractivity contribution in [1.82, 2.24) is 15.5 Å². The summed E-state index contributed by atoms with van der Waals surface area (Å²) in [6, 6.07) is 0. The van der Waals surface area contributed by atoms with E-state index in [1.54, 1.807) is 0 Å². The van der Waals surface area contributed by atoms with E-state index >= 15 is 0 Å². The van der Waals surface area contributed by atoms with Gasteiger partial charge in [-0.15, -0.1) is 11.8 Å². The van der Waals surface area contributed by atoms with Crippen molar-refractivity contribution in [2.75, 3.05) is 45.9 Å². The van der Waals surface area contributed by atoms with E-state index in [1.165, 1.54) is 58.2 Å². The molecule has 1 aliphatic heterocycles. The van der Waals surface area contributed by atoms with Crippen LogP contribution in [0.4, 0.5) is 0 Å². The van der Waals surface area contributed by atoms with Crippen molar-refractivity contribution in [1.29, 1.82) is 0 Å². The number of amides is 1. The van der Waals surface area contributed by atoms with Gasteiger partial charge in [-0.25, -0.2) is 0 Å². The highest BCUT2D eigenvalue weighted by Gasteiger charge is 2.07. The molecule has 1 heterocycles. The van der Waals surface area contributed by atoms with E-state index in [0.29, 0.717) is 32.2 Å². The quantitative estimate of drug-likeness (QED) is 0.312. The van der Waals surface area contributed by atoms with Crippen LogP contribution in [0.1, 0.15) is 77.0 Å². The van der Waals surface area contributed by atoms with Crippen molar-refractivity contribution in [2.24, 2.45) is 0 Å². The molecule has 5 heteroatoms. The molecule has 0 aliphatic carbocycles. The molecule has 0 spiro atoms. The Balaban J connectivity index is 1.85. The van der Waals surface area contributed by atoms with Gasteiger partial charge in [0.25, 0.3) is 0 Å². The van der Waals surface area contributed by atoms with Crippen LogP contribution in [0.15, 0.2) is 0 Å². The first-order valence-corrected chi connectivity index (χ1v) is 12.0. The van der Waals surface area contributed by atoms with Crippen molar-refractivity contribution >= 4 is 5.91 Å². The first-order chi connectivity index (χ1) is 15.3. The Morgan fingerprint density at radius 1 is 0.806 bits per heavy atom. The molecule has 1 rings (SSSR count). The smallest absolute Gasteiger partial charge is 0.220 e. The Hall–Kier alpha value is -1.97. The molecule has 0 saturated carbocycles. The van der Waals surface area contributed by atoms with Crippen molar-refractivity contribution < 1.29 is 9.90 Å². The van der Waals surface area contributed by atoms with E-state index in [4.69, 9.17) is 5.11 Å². The van der Waals surface area contributed by atoms with Gasteiger partial charge in [-0.1, -0.05) is 49.4 Å². The maximum Gasteiger partial charge on any atom is 0.220 e. The molecule has 0 aromatic heterocycles. The van der Waals surface area contributed by atoms with Crippen LogP contribution in [0.5, 0.6) is 0 Å². The third kappa shape index (κ3) is 18.5. The number of piperazine rings is 1. The standard InChI is InChI=1S/C26H41N3O2/c30-25-21-28-26(31)18-16-14-12-10-8-6-4-2-1-3-5-7-9-11-13-15-17-22-29-23-19-27-20-24-29/h27,30H,2,5,7-9,11,13-25H2,(H,28,31). The van der Waals surface area contributed by atoms with Crippen LogP contribution in [0, 0.1) is 35.5 Å². The van der Waals surface area contributed by atoms with E-state index in [9.17, 15) is 4.79 Å². The van der Waals surface area contributed by atoms with Gasteiger partial charge in [0.2, 0.25) is 5.91 Å². The highest BCUT2D eigenvalue weighted by atomic mass is 16.3. The molecule has 0 bridgehead atoms. The second-order valence-electron chi connectivity index (χ2n) is 7.80. The van der Waals surface area contributed by atoms with Crippen LogP contribution >= 0.6 is 0 Å². The Bertz CT molecular complexity index is 637. The zero-order valence-electron chi connectivity index (χ0n) is 19.2. The number of aliphatic hydroxyl groups is 1. The van der Waals surface area contributed by atoms with Gasteiger partial charge < -0.3 is 20.6 Å². The van der Waals surface area contributed by atoms with E-state index in [-0.39, 0.29) is 12.5 Å². The number of rotatable bonds is 13. The SMILES string of the molecule is O=C(CCCC#CCC#CCC#CCCCCCCCCN1CCNCC1)NCCO. The molecule has 0 radical (unpaired) electrons. The monoisotopic (exact) mass is 427 g/mol. The number of hydrogen-bond acceptors (Lipinski definition) is 4. The predicted octanol–water partition coefficient (Wildman–Crippen LogP) is 2.69. The fourth-order valence-electron chi connectivity index (χ4n) is 3.33. The summed E-state index contributed by atoms with van der Waals surface area (Å²) in [6.45, 7) is 6.29. The molecule has 1 amide bonds. The second kappa shape index (κ2) is 21.3. The molecular formula is C26H41N3O2. The zero-order valence-corrected chi connectivity index (χ0v) is 19.2. The van der Waals surface area contributed by atoms with Crippen LogP contribution in [-0.4, -0.2) is 61.8 Å². The summed E-state index contributed by atoms with van der Waals surface area (Å²) in [5, 5.41) is 14.6. The third-order valence-electron chi connectivity index (χ3n) is 5.10. The Labute approximate surface area is 190 Å². The zero-order chi connectivity index (χ0) is 22.2. The minimum Gasteiger partial charge on any atom is -0.395 e. The van der Waals surface area contributed by atoms with E-state index in [0.717, 1.165) is 25.9 Å². The van der Waals surface area contributed by atoms with Crippen LogP contribution < -0.4 is 10.6 Å². The minimum absolute atomic E-state index is 0.0215. The Morgan fingerprint density at radius 3 is 2.06 bits per heavy atom. The molecule has 172 valence electrons. The van der Waals surface area contributed by atoms with Gasteiger partial charge in [0.05, 0.1) is 19.4 Å². The Morgan fingerprint density at radius 2 is 1.39 bits per heavy atom. The highest BCUT2D eigenvalue weighted by Crippen LogP contribution is 2.08. The van der Waals surface area contributed by atoms with Crippen LogP contribution in [0.3, 0.4) is 0 Å². The lowest BCUT2D eigenvalue weighted by atomic mass is 10.1. The molecule has 3 N–H and O–H groups in total. The summed E-state index contributed by atoms with van der Waals surface area (Å²) < 4.78 is 0. The minimum atomic E-state index is -0.0319. The van der Waals surface area contributed by atoms with Crippen molar-refractivity contribution in [3.63, 3.8) is 0 Å². The lowest BCUT2D eigenvalue weighted by Crippen LogP contribution is -2.43. The number of carbonyl (C=O) groups is 1. The highest BCUT2D eigenvalue weighted by molar-refractivity contribution is 5.75. The Kier molecular flexibility index (Phi) is 18.6. The molecule has 0 atom stereocenters. The summed E-state index contributed by atoms with van der Waals surface area (Å²) in [4.78, 5) is 13.9. The summed E-state index contributed by atoms with van der Waals surface area (Å²) >= 11 is 0. The largest absolute Gasteiger partial charge is 0.395 e. The summed E-state index contributed by atoms with van der Waals surface area (Å²) in [5.74, 6) is 18.4. The molecule has 0 aromatic carbocycles. The molecule has 1 saturated heterocycles. The van der Waals surface area contributed by atoms with Crippen LogP contribution in [-0.2, 0) is 4.79 Å². The number of nitrogens with one attached hydrogen (secondary N) is 2. The lowest BCUT2D eigenvalue weighted by Gasteiger charge is -2.26. The second-order valence-corrected chi connectivity index (χ2v) is 7.80. The van der Waals surface area contributed by atoms with E-state index in [1.807, 2.05) is 0 Å². The molecule has 5 nitrogen and oxygen atoms in total. The normalized spacial score (nSPS) is 13.2. The van der Waals surface area contributed by atoms with Crippen LogP contribution in [0.25, 0.3) is 0 Å². The summed E-state index contributed by atoms with van der Waals surface area (Å²) in [7, 11) is 0. The first-order valence-electron chi connectivity index (χ1n) is 12.0. The molecule has 0 aromatic rings. The van der Waals surface area contributed by atoms with Gasteiger partial charge >= 0.3 is 0 Å². The number of hydrogen-bond donors (Lipinski definition) is 3. The van der Waals surface area contributed by atoms with E-state index in [2.05, 4.69) is 51.1 Å². The van der Waals surface area contributed by atoms with Gasteiger partial charge in [0.15, 0.2) is 0 Å². The fourth-order valence-corrected chi connectivity index (χ4v) is 3.33. The number of unbranched alkanes of at least 4 members (excludes halogenated alkanes) is 7. The number of carbonyl (C=O) groups excluding carboxylic acids is 1. The van der Waals surface area contributed by atoms with Gasteiger partial charge in [0.1, 0.15) is 0 Å². The average molecular weight is 428 g/mol. The average Bonchev–Trinajstić information content (AvgIpc) is 2.79. The lowest BCUT2D eigenvalue weighted by molar-refractivity contribution is -0.121. The molecule has 0 unspecified atom stereocenters. The topological polar surface area (TPSA) is 64.6 Å². The molecule has 1 fully saturated rings. The summed E-state index contributed by atoms with van der Waals surface area (Å²) in [6.07, 6.45) is 11.9.